The number of carbonyl (C=O) groups is 1. The van der Waals surface area contributed by atoms with Crippen LogP contribution >= 0.6 is 0 Å². The Hall–Kier alpha value is -2.42. The Morgan fingerprint density at radius 3 is 2.68 bits per heavy atom. The van der Waals surface area contributed by atoms with Gasteiger partial charge in [-0.25, -0.2) is 19.7 Å². The number of amides is 1. The molecule has 0 bridgehead atoms. The summed E-state index contributed by atoms with van der Waals surface area (Å²) in [5.41, 5.74) is 1.14. The number of aromatic nitrogens is 4. The summed E-state index contributed by atoms with van der Waals surface area (Å²) < 4.78 is 13.3. The molecule has 4 rings (SSSR count). The molecule has 0 saturated carbocycles. The van der Waals surface area contributed by atoms with Gasteiger partial charge < -0.3 is 23.8 Å². The van der Waals surface area contributed by atoms with E-state index in [1.807, 2.05) is 31.7 Å². The predicted molar refractivity (Wildman–Crippen MR) is 104 cm³/mol. The maximum Gasteiger partial charge on any atom is 0.410 e. The SMILES string of the molecule is CC(C)(C)OC(=O)N1CCN(c2ncnc3c2ncn3CC2CCCO2)CC1. The molecule has 152 valence electrons. The van der Waals surface area contributed by atoms with Crippen molar-refractivity contribution in [2.75, 3.05) is 37.7 Å². The number of fused-ring (bicyclic) bond motifs is 1. The predicted octanol–water partition coefficient (Wildman–Crippen LogP) is 2.06. The molecule has 2 aliphatic rings. The maximum absolute atomic E-state index is 12.3. The molecule has 1 unspecified atom stereocenters. The highest BCUT2D eigenvalue weighted by Gasteiger charge is 2.28. The zero-order valence-corrected chi connectivity index (χ0v) is 16.8. The van der Waals surface area contributed by atoms with Crippen molar-refractivity contribution in [3.8, 4) is 0 Å². The Bertz CT molecular complexity index is 832. The molecule has 0 radical (unpaired) electrons. The minimum absolute atomic E-state index is 0.230. The van der Waals surface area contributed by atoms with Crippen LogP contribution in [0.4, 0.5) is 10.6 Å². The molecule has 2 aromatic heterocycles. The van der Waals surface area contributed by atoms with Gasteiger partial charge in [0.25, 0.3) is 0 Å². The van der Waals surface area contributed by atoms with E-state index < -0.39 is 5.60 Å². The van der Waals surface area contributed by atoms with Gasteiger partial charge >= 0.3 is 6.09 Å². The maximum atomic E-state index is 12.3. The number of ether oxygens (including phenoxy) is 2. The van der Waals surface area contributed by atoms with Crippen LogP contribution < -0.4 is 4.90 Å². The van der Waals surface area contributed by atoms with E-state index >= 15 is 0 Å². The first kappa shape index (κ1) is 18.9. The van der Waals surface area contributed by atoms with Crippen molar-refractivity contribution in [2.45, 2.75) is 51.9 Å². The van der Waals surface area contributed by atoms with Crippen molar-refractivity contribution >= 4 is 23.1 Å². The van der Waals surface area contributed by atoms with Gasteiger partial charge in [-0.05, 0) is 33.6 Å². The van der Waals surface area contributed by atoms with E-state index in [9.17, 15) is 4.79 Å². The van der Waals surface area contributed by atoms with Crippen LogP contribution in [0.15, 0.2) is 12.7 Å². The second kappa shape index (κ2) is 7.54. The lowest BCUT2D eigenvalue weighted by atomic mass is 10.2. The lowest BCUT2D eigenvalue weighted by Gasteiger charge is -2.36. The topological polar surface area (TPSA) is 85.6 Å². The minimum atomic E-state index is -0.483. The highest BCUT2D eigenvalue weighted by atomic mass is 16.6. The van der Waals surface area contributed by atoms with Gasteiger partial charge in [0.15, 0.2) is 17.0 Å². The summed E-state index contributed by atoms with van der Waals surface area (Å²) in [5, 5.41) is 0. The van der Waals surface area contributed by atoms with Gasteiger partial charge in [0.1, 0.15) is 11.9 Å². The number of piperazine rings is 1. The number of hydrogen-bond donors (Lipinski definition) is 0. The molecule has 0 aromatic carbocycles. The molecule has 28 heavy (non-hydrogen) atoms. The molecule has 2 fully saturated rings. The minimum Gasteiger partial charge on any atom is -0.444 e. The molecule has 2 aromatic rings. The van der Waals surface area contributed by atoms with Gasteiger partial charge in [0.2, 0.25) is 0 Å². The van der Waals surface area contributed by atoms with Crippen molar-refractivity contribution in [1.29, 1.82) is 0 Å². The number of nitrogens with zero attached hydrogens (tertiary/aromatic N) is 6. The van der Waals surface area contributed by atoms with E-state index in [-0.39, 0.29) is 12.2 Å². The van der Waals surface area contributed by atoms with Crippen LogP contribution in [0.5, 0.6) is 0 Å². The Labute approximate surface area is 164 Å². The van der Waals surface area contributed by atoms with Gasteiger partial charge in [-0.2, -0.15) is 0 Å². The van der Waals surface area contributed by atoms with Crippen molar-refractivity contribution in [1.82, 2.24) is 24.4 Å². The van der Waals surface area contributed by atoms with Gasteiger partial charge in [0.05, 0.1) is 19.0 Å². The average Bonchev–Trinajstić information content (AvgIpc) is 3.31. The number of anilines is 1. The fourth-order valence-corrected chi connectivity index (χ4v) is 3.67. The average molecular weight is 388 g/mol. The summed E-state index contributed by atoms with van der Waals surface area (Å²) in [7, 11) is 0. The van der Waals surface area contributed by atoms with E-state index in [4.69, 9.17) is 9.47 Å². The lowest BCUT2D eigenvalue weighted by molar-refractivity contribution is 0.0240. The normalized spacial score (nSPS) is 20.8. The number of imidazole rings is 1. The Morgan fingerprint density at radius 1 is 1.21 bits per heavy atom. The summed E-state index contributed by atoms with van der Waals surface area (Å²) in [6.07, 6.45) is 5.56. The van der Waals surface area contributed by atoms with Crippen LogP contribution in [0, 0.1) is 0 Å². The molecular weight excluding hydrogens is 360 g/mol. The molecule has 9 nitrogen and oxygen atoms in total. The number of carbonyl (C=O) groups excluding carboxylic acids is 1. The summed E-state index contributed by atoms with van der Waals surface area (Å²) in [6, 6.07) is 0. The summed E-state index contributed by atoms with van der Waals surface area (Å²) in [4.78, 5) is 29.7. The third-order valence-corrected chi connectivity index (χ3v) is 5.04. The van der Waals surface area contributed by atoms with Gasteiger partial charge in [-0.3, -0.25) is 0 Å². The standard InChI is InChI=1S/C19H28N6O3/c1-19(2,3)28-18(26)24-8-6-23(7-9-24)16-15-17(21-12-20-16)25(13-22-15)11-14-5-4-10-27-14/h12-14H,4-11H2,1-3H3. The van der Waals surface area contributed by atoms with Crippen LogP contribution in [0.3, 0.4) is 0 Å². The van der Waals surface area contributed by atoms with Crippen molar-refractivity contribution in [3.63, 3.8) is 0 Å². The third-order valence-electron chi connectivity index (χ3n) is 5.04. The van der Waals surface area contributed by atoms with Crippen LogP contribution in [-0.4, -0.2) is 75.0 Å². The second-order valence-electron chi connectivity index (χ2n) is 8.36. The fourth-order valence-electron chi connectivity index (χ4n) is 3.67. The molecule has 9 heteroatoms. The van der Waals surface area contributed by atoms with E-state index in [0.29, 0.717) is 26.2 Å². The smallest absolute Gasteiger partial charge is 0.410 e. The van der Waals surface area contributed by atoms with E-state index in [0.717, 1.165) is 43.0 Å². The first-order valence-electron chi connectivity index (χ1n) is 9.91. The first-order valence-corrected chi connectivity index (χ1v) is 9.91. The largest absolute Gasteiger partial charge is 0.444 e. The summed E-state index contributed by atoms with van der Waals surface area (Å²) in [5.74, 6) is 0.819. The molecular formula is C19H28N6O3. The number of rotatable bonds is 3. The Morgan fingerprint density at radius 2 is 2.00 bits per heavy atom. The number of hydrogen-bond acceptors (Lipinski definition) is 7. The van der Waals surface area contributed by atoms with Gasteiger partial charge in [0, 0.05) is 32.8 Å². The molecule has 2 saturated heterocycles. The zero-order valence-electron chi connectivity index (χ0n) is 16.8. The lowest BCUT2D eigenvalue weighted by Crippen LogP contribution is -2.50. The highest BCUT2D eigenvalue weighted by molar-refractivity contribution is 5.83. The van der Waals surface area contributed by atoms with Gasteiger partial charge in [-0.15, -0.1) is 0 Å². The van der Waals surface area contributed by atoms with Crippen molar-refractivity contribution in [3.05, 3.63) is 12.7 Å². The monoisotopic (exact) mass is 388 g/mol. The molecule has 0 N–H and O–H groups in total. The van der Waals surface area contributed by atoms with E-state index in [1.165, 1.54) is 0 Å². The molecule has 0 aliphatic carbocycles. The molecule has 1 atom stereocenters. The van der Waals surface area contributed by atoms with Gasteiger partial charge in [-0.1, -0.05) is 0 Å². The van der Waals surface area contributed by atoms with Crippen molar-refractivity contribution < 1.29 is 14.3 Å². The molecule has 0 spiro atoms. The quantitative estimate of drug-likeness (QED) is 0.795. The van der Waals surface area contributed by atoms with E-state index in [2.05, 4.69) is 19.9 Å². The van der Waals surface area contributed by atoms with Crippen molar-refractivity contribution in [2.24, 2.45) is 0 Å². The van der Waals surface area contributed by atoms with Crippen LogP contribution in [-0.2, 0) is 16.0 Å². The summed E-state index contributed by atoms with van der Waals surface area (Å²) >= 11 is 0. The van der Waals surface area contributed by atoms with Crippen LogP contribution in [0.25, 0.3) is 11.2 Å². The highest BCUT2D eigenvalue weighted by Crippen LogP contribution is 2.24. The Balaban J connectivity index is 1.45. The van der Waals surface area contributed by atoms with E-state index in [1.54, 1.807) is 11.2 Å². The van der Waals surface area contributed by atoms with Crippen LogP contribution in [0.1, 0.15) is 33.6 Å². The zero-order chi connectivity index (χ0) is 19.7. The van der Waals surface area contributed by atoms with Crippen LogP contribution in [0.2, 0.25) is 0 Å². The molecule has 2 aliphatic heterocycles. The first-order chi connectivity index (χ1) is 13.4. The second-order valence-corrected chi connectivity index (χ2v) is 8.36. The third kappa shape index (κ3) is 4.04. The molecule has 1 amide bonds. The summed E-state index contributed by atoms with van der Waals surface area (Å²) in [6.45, 7) is 9.80. The Kier molecular flexibility index (Phi) is 5.09. The molecule has 4 heterocycles. The fraction of sp³-hybridized carbons (Fsp3) is 0.684.